The standard InChI is InChI=1S/C24H22BrN7O/c25-19-8-3-5-17(15-19)16-26-31-23-28-22(29-24(30-23)32-11-13-33-14-12-32)27-21-10-4-7-18-6-1-2-9-20(18)21/h1-10,15-16H,11-14H2,(H2,27,28,29,30,31). The third kappa shape index (κ3) is 5.27. The number of hydrazone groups is 1. The Morgan fingerprint density at radius 3 is 2.58 bits per heavy atom. The van der Waals surface area contributed by atoms with E-state index in [1.54, 1.807) is 6.21 Å². The zero-order valence-corrected chi connectivity index (χ0v) is 19.4. The molecule has 1 aliphatic heterocycles. The number of nitrogens with one attached hydrogen (secondary N) is 2. The van der Waals surface area contributed by atoms with Gasteiger partial charge in [0.1, 0.15) is 0 Å². The molecule has 9 heteroatoms. The van der Waals surface area contributed by atoms with Crippen LogP contribution < -0.4 is 15.6 Å². The maximum absolute atomic E-state index is 5.48. The third-order valence-electron chi connectivity index (χ3n) is 5.18. The zero-order chi connectivity index (χ0) is 22.5. The first kappa shape index (κ1) is 21.3. The van der Waals surface area contributed by atoms with Crippen molar-refractivity contribution in [2.45, 2.75) is 0 Å². The van der Waals surface area contributed by atoms with Gasteiger partial charge in [-0.3, -0.25) is 0 Å². The molecule has 0 spiro atoms. The summed E-state index contributed by atoms with van der Waals surface area (Å²) in [5.41, 5.74) is 4.83. The first-order chi connectivity index (χ1) is 16.2. The lowest BCUT2D eigenvalue weighted by Crippen LogP contribution is -2.37. The summed E-state index contributed by atoms with van der Waals surface area (Å²) in [6.07, 6.45) is 1.72. The van der Waals surface area contributed by atoms with E-state index in [0.29, 0.717) is 31.1 Å². The molecule has 0 unspecified atom stereocenters. The van der Waals surface area contributed by atoms with Crippen molar-refractivity contribution in [3.05, 3.63) is 76.8 Å². The number of fused-ring (bicyclic) bond motifs is 1. The summed E-state index contributed by atoms with van der Waals surface area (Å²) in [5, 5.41) is 9.92. The van der Waals surface area contributed by atoms with Gasteiger partial charge in [0.25, 0.3) is 0 Å². The second-order valence-electron chi connectivity index (χ2n) is 7.46. The van der Waals surface area contributed by atoms with Crippen molar-refractivity contribution in [3.63, 3.8) is 0 Å². The largest absolute Gasteiger partial charge is 0.378 e. The molecule has 1 fully saturated rings. The maximum atomic E-state index is 5.48. The van der Waals surface area contributed by atoms with Crippen LogP contribution in [0.15, 0.2) is 76.3 Å². The molecule has 0 atom stereocenters. The number of halogens is 1. The SMILES string of the molecule is Brc1cccc(C=NNc2nc(Nc3cccc4ccccc34)nc(N3CCOCC3)n2)c1. The fourth-order valence-electron chi connectivity index (χ4n) is 3.58. The molecule has 2 heterocycles. The molecule has 0 amide bonds. The van der Waals surface area contributed by atoms with Crippen LogP contribution in [0.25, 0.3) is 10.8 Å². The van der Waals surface area contributed by atoms with Crippen molar-refractivity contribution in [3.8, 4) is 0 Å². The van der Waals surface area contributed by atoms with Crippen LogP contribution >= 0.6 is 15.9 Å². The van der Waals surface area contributed by atoms with Crippen LogP contribution in [0, 0.1) is 0 Å². The highest BCUT2D eigenvalue weighted by atomic mass is 79.9. The molecule has 8 nitrogen and oxygen atoms in total. The number of morpholine rings is 1. The van der Waals surface area contributed by atoms with Gasteiger partial charge in [0, 0.05) is 28.6 Å². The molecule has 5 rings (SSSR count). The lowest BCUT2D eigenvalue weighted by molar-refractivity contribution is 0.122. The van der Waals surface area contributed by atoms with E-state index >= 15 is 0 Å². The molecular formula is C24H22BrN7O. The summed E-state index contributed by atoms with van der Waals surface area (Å²) in [7, 11) is 0. The van der Waals surface area contributed by atoms with Crippen LogP contribution in [0.2, 0.25) is 0 Å². The topological polar surface area (TPSA) is 87.6 Å². The minimum absolute atomic E-state index is 0.362. The summed E-state index contributed by atoms with van der Waals surface area (Å²) in [5.74, 6) is 1.39. The van der Waals surface area contributed by atoms with Crippen LogP contribution in [0.5, 0.6) is 0 Å². The van der Waals surface area contributed by atoms with Gasteiger partial charge in [-0.1, -0.05) is 64.5 Å². The predicted molar refractivity (Wildman–Crippen MR) is 135 cm³/mol. The Labute approximate surface area is 199 Å². The molecule has 0 aliphatic carbocycles. The van der Waals surface area contributed by atoms with E-state index in [4.69, 9.17) is 4.74 Å². The average Bonchev–Trinajstić information content (AvgIpc) is 2.85. The van der Waals surface area contributed by atoms with Crippen LogP contribution in [0.3, 0.4) is 0 Å². The van der Waals surface area contributed by atoms with Gasteiger partial charge in [-0.05, 0) is 29.1 Å². The Balaban J connectivity index is 1.44. The molecule has 0 radical (unpaired) electrons. The molecule has 33 heavy (non-hydrogen) atoms. The Bertz CT molecular complexity index is 1290. The van der Waals surface area contributed by atoms with E-state index in [1.165, 1.54) is 0 Å². The quantitative estimate of drug-likeness (QED) is 0.288. The molecule has 4 aromatic rings. The average molecular weight is 504 g/mol. The number of hydrogen-bond acceptors (Lipinski definition) is 8. The maximum Gasteiger partial charge on any atom is 0.250 e. The number of nitrogens with zero attached hydrogens (tertiary/aromatic N) is 5. The lowest BCUT2D eigenvalue weighted by Gasteiger charge is -2.27. The van der Waals surface area contributed by atoms with Gasteiger partial charge in [0.05, 0.1) is 19.4 Å². The van der Waals surface area contributed by atoms with Gasteiger partial charge in [0.2, 0.25) is 17.8 Å². The van der Waals surface area contributed by atoms with Crippen molar-refractivity contribution in [2.75, 3.05) is 41.9 Å². The van der Waals surface area contributed by atoms with Gasteiger partial charge in [-0.25, -0.2) is 5.43 Å². The molecule has 0 bridgehead atoms. The molecule has 1 aliphatic rings. The van der Waals surface area contributed by atoms with Crippen molar-refractivity contribution in [1.82, 2.24) is 15.0 Å². The van der Waals surface area contributed by atoms with Gasteiger partial charge in [-0.2, -0.15) is 20.1 Å². The fraction of sp³-hybridized carbons (Fsp3) is 0.167. The molecular weight excluding hydrogens is 482 g/mol. The highest BCUT2D eigenvalue weighted by Crippen LogP contribution is 2.26. The van der Waals surface area contributed by atoms with E-state index in [0.717, 1.165) is 39.6 Å². The normalized spacial score (nSPS) is 14.0. The summed E-state index contributed by atoms with van der Waals surface area (Å²) in [6.45, 7) is 2.72. The van der Waals surface area contributed by atoms with Gasteiger partial charge < -0.3 is 15.0 Å². The molecule has 3 aromatic carbocycles. The van der Waals surface area contributed by atoms with E-state index in [2.05, 4.69) is 69.8 Å². The number of hydrogen-bond donors (Lipinski definition) is 2. The third-order valence-corrected chi connectivity index (χ3v) is 5.67. The highest BCUT2D eigenvalue weighted by Gasteiger charge is 2.17. The van der Waals surface area contributed by atoms with Crippen LogP contribution in [0.4, 0.5) is 23.5 Å². The molecule has 2 N–H and O–H groups in total. The van der Waals surface area contributed by atoms with Gasteiger partial charge in [-0.15, -0.1) is 0 Å². The second kappa shape index (κ2) is 9.93. The summed E-state index contributed by atoms with van der Waals surface area (Å²) in [4.78, 5) is 15.9. The van der Waals surface area contributed by atoms with Crippen molar-refractivity contribution >= 4 is 56.4 Å². The van der Waals surface area contributed by atoms with E-state index < -0.39 is 0 Å². The zero-order valence-electron chi connectivity index (χ0n) is 17.8. The number of benzene rings is 3. The molecule has 0 saturated carbocycles. The Morgan fingerprint density at radius 1 is 0.909 bits per heavy atom. The molecule has 1 aromatic heterocycles. The molecule has 166 valence electrons. The second-order valence-corrected chi connectivity index (χ2v) is 8.37. The molecule has 1 saturated heterocycles. The Morgan fingerprint density at radius 2 is 1.70 bits per heavy atom. The summed E-state index contributed by atoms with van der Waals surface area (Å²) in [6, 6.07) is 22.2. The summed E-state index contributed by atoms with van der Waals surface area (Å²) >= 11 is 3.47. The number of anilines is 4. The van der Waals surface area contributed by atoms with Gasteiger partial charge >= 0.3 is 0 Å². The monoisotopic (exact) mass is 503 g/mol. The van der Waals surface area contributed by atoms with Crippen molar-refractivity contribution < 1.29 is 4.74 Å². The van der Waals surface area contributed by atoms with E-state index in [1.807, 2.05) is 48.5 Å². The van der Waals surface area contributed by atoms with Crippen LogP contribution in [0.1, 0.15) is 5.56 Å². The van der Waals surface area contributed by atoms with Crippen molar-refractivity contribution in [2.24, 2.45) is 5.10 Å². The number of rotatable bonds is 6. The highest BCUT2D eigenvalue weighted by molar-refractivity contribution is 9.10. The minimum Gasteiger partial charge on any atom is -0.378 e. The van der Waals surface area contributed by atoms with Crippen LogP contribution in [-0.4, -0.2) is 47.5 Å². The van der Waals surface area contributed by atoms with E-state index in [-0.39, 0.29) is 0 Å². The number of aromatic nitrogens is 3. The smallest absolute Gasteiger partial charge is 0.250 e. The first-order valence-corrected chi connectivity index (χ1v) is 11.4. The predicted octanol–water partition coefficient (Wildman–Crippen LogP) is 4.81. The van der Waals surface area contributed by atoms with Gasteiger partial charge in [0.15, 0.2) is 0 Å². The van der Waals surface area contributed by atoms with E-state index in [9.17, 15) is 0 Å². The first-order valence-electron chi connectivity index (χ1n) is 10.6. The Hall–Kier alpha value is -3.56. The van der Waals surface area contributed by atoms with Crippen molar-refractivity contribution in [1.29, 1.82) is 0 Å². The lowest BCUT2D eigenvalue weighted by atomic mass is 10.1. The Kier molecular flexibility index (Phi) is 6.41. The summed E-state index contributed by atoms with van der Waals surface area (Å²) < 4.78 is 6.47. The minimum atomic E-state index is 0.362. The number of ether oxygens (including phenoxy) is 1. The van der Waals surface area contributed by atoms with Crippen LogP contribution in [-0.2, 0) is 4.74 Å². The fourth-order valence-corrected chi connectivity index (χ4v) is 4.00.